The van der Waals surface area contributed by atoms with Gasteiger partial charge in [-0.3, -0.25) is 14.4 Å². The Balaban J connectivity index is 1.49. The first kappa shape index (κ1) is 25.6. The molecule has 4 rings (SSSR count). The van der Waals surface area contributed by atoms with Crippen molar-refractivity contribution in [3.8, 4) is 5.75 Å². The van der Waals surface area contributed by atoms with Crippen LogP contribution < -0.4 is 14.8 Å². The number of rotatable bonds is 9. The van der Waals surface area contributed by atoms with Crippen molar-refractivity contribution in [2.45, 2.75) is 10.9 Å². The lowest BCUT2D eigenvalue weighted by molar-refractivity contribution is 0.0162. The van der Waals surface area contributed by atoms with Crippen LogP contribution in [-0.2, 0) is 14.8 Å². The third-order valence-electron chi connectivity index (χ3n) is 5.96. The summed E-state index contributed by atoms with van der Waals surface area (Å²) >= 11 is 0. The Kier molecular flexibility index (Phi) is 8.19. The highest BCUT2D eigenvalue weighted by atomic mass is 32.2. The van der Waals surface area contributed by atoms with Gasteiger partial charge in [0.25, 0.3) is 15.9 Å². The molecule has 3 aromatic rings. The van der Waals surface area contributed by atoms with Gasteiger partial charge in [0.1, 0.15) is 11.6 Å². The van der Waals surface area contributed by atoms with Crippen molar-refractivity contribution in [3.05, 3.63) is 89.7 Å². The zero-order chi connectivity index (χ0) is 25.5. The van der Waals surface area contributed by atoms with Crippen molar-refractivity contribution in [1.29, 1.82) is 0 Å². The summed E-state index contributed by atoms with van der Waals surface area (Å²) in [5, 5.41) is 2.91. The standard InChI is InChI=1S/C26H28FN3O5S/c1-34-25-8-3-2-7-23(25)29-36(32,33)22-6-4-5-20(17-22)26(31)28-18-24(30-13-15-35-16-14-30)19-9-11-21(27)12-10-19/h2-12,17,24,29H,13-16,18H2,1H3,(H,28,31)/t24-/m0/s1. The molecule has 2 N–H and O–H groups in total. The Bertz CT molecular complexity index is 1290. The Morgan fingerprint density at radius 3 is 2.50 bits per heavy atom. The number of amides is 1. The monoisotopic (exact) mass is 513 g/mol. The topological polar surface area (TPSA) is 97.0 Å². The van der Waals surface area contributed by atoms with E-state index in [1.54, 1.807) is 42.5 Å². The Morgan fingerprint density at radius 1 is 1.06 bits per heavy atom. The molecule has 0 bridgehead atoms. The molecule has 10 heteroatoms. The minimum absolute atomic E-state index is 0.0516. The zero-order valence-corrected chi connectivity index (χ0v) is 20.6. The van der Waals surface area contributed by atoms with Crippen LogP contribution in [0.1, 0.15) is 22.0 Å². The number of nitrogens with one attached hydrogen (secondary N) is 2. The second-order valence-electron chi connectivity index (χ2n) is 8.26. The van der Waals surface area contributed by atoms with Gasteiger partial charge in [-0.25, -0.2) is 12.8 Å². The molecular weight excluding hydrogens is 485 g/mol. The lowest BCUT2D eigenvalue weighted by atomic mass is 10.0. The van der Waals surface area contributed by atoms with Gasteiger partial charge in [0.15, 0.2) is 0 Å². The molecule has 0 radical (unpaired) electrons. The van der Waals surface area contributed by atoms with E-state index in [9.17, 15) is 17.6 Å². The number of hydrogen-bond acceptors (Lipinski definition) is 6. The fourth-order valence-electron chi connectivity index (χ4n) is 4.06. The lowest BCUT2D eigenvalue weighted by Crippen LogP contribution is -2.43. The summed E-state index contributed by atoms with van der Waals surface area (Å²) < 4.78 is 52.6. The molecule has 0 spiro atoms. The molecule has 0 saturated carbocycles. The largest absolute Gasteiger partial charge is 0.495 e. The van der Waals surface area contributed by atoms with E-state index in [1.165, 1.54) is 37.4 Å². The highest BCUT2D eigenvalue weighted by Gasteiger charge is 2.24. The van der Waals surface area contributed by atoms with E-state index in [2.05, 4.69) is 14.9 Å². The third-order valence-corrected chi connectivity index (χ3v) is 7.32. The van der Waals surface area contributed by atoms with Gasteiger partial charge in [-0.15, -0.1) is 0 Å². The van der Waals surface area contributed by atoms with Gasteiger partial charge in [-0.05, 0) is 48.0 Å². The van der Waals surface area contributed by atoms with Gasteiger partial charge in [0.05, 0.1) is 36.9 Å². The maximum atomic E-state index is 13.5. The molecule has 1 saturated heterocycles. The van der Waals surface area contributed by atoms with Crippen LogP contribution in [0.25, 0.3) is 0 Å². The molecule has 190 valence electrons. The molecule has 1 amide bonds. The van der Waals surface area contributed by atoms with Crippen LogP contribution in [0.4, 0.5) is 10.1 Å². The smallest absolute Gasteiger partial charge is 0.262 e. The number of morpholine rings is 1. The van der Waals surface area contributed by atoms with Gasteiger partial charge in [0.2, 0.25) is 0 Å². The predicted molar refractivity (Wildman–Crippen MR) is 134 cm³/mol. The predicted octanol–water partition coefficient (Wildman–Crippen LogP) is 3.44. The molecule has 1 aliphatic rings. The molecule has 1 aliphatic heterocycles. The summed E-state index contributed by atoms with van der Waals surface area (Å²) in [7, 11) is -2.51. The van der Waals surface area contributed by atoms with Crippen molar-refractivity contribution in [2.24, 2.45) is 0 Å². The van der Waals surface area contributed by atoms with Crippen molar-refractivity contribution in [3.63, 3.8) is 0 Å². The van der Waals surface area contributed by atoms with Gasteiger partial charge < -0.3 is 14.8 Å². The van der Waals surface area contributed by atoms with Crippen molar-refractivity contribution >= 4 is 21.6 Å². The van der Waals surface area contributed by atoms with E-state index >= 15 is 0 Å². The number of methoxy groups -OCH3 is 1. The molecule has 3 aromatic carbocycles. The molecule has 1 fully saturated rings. The first-order valence-electron chi connectivity index (χ1n) is 11.5. The maximum Gasteiger partial charge on any atom is 0.262 e. The first-order chi connectivity index (χ1) is 17.4. The summed E-state index contributed by atoms with van der Waals surface area (Å²) in [5.74, 6) is -0.363. The average molecular weight is 514 g/mol. The van der Waals surface area contributed by atoms with E-state index in [4.69, 9.17) is 9.47 Å². The quantitative estimate of drug-likeness (QED) is 0.455. The normalized spacial score (nSPS) is 15.2. The molecule has 0 unspecified atom stereocenters. The molecular formula is C26H28FN3O5S. The van der Waals surface area contributed by atoms with Crippen LogP contribution in [0.3, 0.4) is 0 Å². The Labute approximate surface area is 210 Å². The minimum Gasteiger partial charge on any atom is -0.495 e. The van der Waals surface area contributed by atoms with E-state index in [0.717, 1.165) is 5.56 Å². The highest BCUT2D eigenvalue weighted by molar-refractivity contribution is 7.92. The molecule has 36 heavy (non-hydrogen) atoms. The van der Waals surface area contributed by atoms with Gasteiger partial charge >= 0.3 is 0 Å². The van der Waals surface area contributed by atoms with Crippen molar-refractivity contribution in [2.75, 3.05) is 44.7 Å². The number of benzene rings is 3. The number of ether oxygens (including phenoxy) is 2. The van der Waals surface area contributed by atoms with Crippen LogP contribution in [-0.4, -0.2) is 59.2 Å². The fraction of sp³-hybridized carbons (Fsp3) is 0.269. The summed E-state index contributed by atoms with van der Waals surface area (Å²) in [6.45, 7) is 2.77. The van der Waals surface area contributed by atoms with E-state index in [0.29, 0.717) is 37.7 Å². The third kappa shape index (κ3) is 6.20. The number of carbonyl (C=O) groups is 1. The van der Waals surface area contributed by atoms with Crippen LogP contribution in [0.5, 0.6) is 5.75 Å². The number of para-hydroxylation sites is 2. The van der Waals surface area contributed by atoms with Crippen LogP contribution in [0.2, 0.25) is 0 Å². The van der Waals surface area contributed by atoms with Crippen molar-refractivity contribution < 1.29 is 27.1 Å². The summed E-state index contributed by atoms with van der Waals surface area (Å²) in [5.41, 5.74) is 1.37. The van der Waals surface area contributed by atoms with E-state index < -0.39 is 15.9 Å². The number of carbonyl (C=O) groups excluding carboxylic acids is 1. The summed E-state index contributed by atoms with van der Waals surface area (Å²) in [6, 6.07) is 18.5. The number of nitrogens with zero attached hydrogens (tertiary/aromatic N) is 1. The number of sulfonamides is 1. The van der Waals surface area contributed by atoms with Crippen LogP contribution >= 0.6 is 0 Å². The van der Waals surface area contributed by atoms with Gasteiger partial charge in [-0.1, -0.05) is 30.3 Å². The van der Waals surface area contributed by atoms with Crippen LogP contribution in [0.15, 0.2) is 77.7 Å². The summed E-state index contributed by atoms with van der Waals surface area (Å²) in [6.07, 6.45) is 0. The summed E-state index contributed by atoms with van der Waals surface area (Å²) in [4.78, 5) is 15.1. The minimum atomic E-state index is -3.97. The zero-order valence-electron chi connectivity index (χ0n) is 19.8. The van der Waals surface area contributed by atoms with E-state index in [-0.39, 0.29) is 28.9 Å². The maximum absolute atomic E-state index is 13.5. The SMILES string of the molecule is COc1ccccc1NS(=O)(=O)c1cccc(C(=O)NC[C@@H](c2ccc(F)cc2)N2CCOCC2)c1. The van der Waals surface area contributed by atoms with Crippen molar-refractivity contribution in [1.82, 2.24) is 10.2 Å². The molecule has 1 heterocycles. The number of halogens is 1. The van der Waals surface area contributed by atoms with E-state index in [1.807, 2.05) is 0 Å². The van der Waals surface area contributed by atoms with Gasteiger partial charge in [0, 0.05) is 25.2 Å². The van der Waals surface area contributed by atoms with Crippen LogP contribution in [0, 0.1) is 5.82 Å². The molecule has 8 nitrogen and oxygen atoms in total. The van der Waals surface area contributed by atoms with Gasteiger partial charge in [-0.2, -0.15) is 0 Å². The highest BCUT2D eigenvalue weighted by Crippen LogP contribution is 2.26. The lowest BCUT2D eigenvalue weighted by Gasteiger charge is -2.35. The second-order valence-corrected chi connectivity index (χ2v) is 9.94. The Hall–Kier alpha value is -3.47. The fourth-order valence-corrected chi connectivity index (χ4v) is 5.18. The second kappa shape index (κ2) is 11.5. The molecule has 1 atom stereocenters. The first-order valence-corrected chi connectivity index (χ1v) is 13.0. The molecule has 0 aromatic heterocycles. The number of anilines is 1. The average Bonchev–Trinajstić information content (AvgIpc) is 2.90. The Morgan fingerprint density at radius 2 is 1.78 bits per heavy atom. The molecule has 0 aliphatic carbocycles. The number of hydrogen-bond donors (Lipinski definition) is 2.